The van der Waals surface area contributed by atoms with Gasteiger partial charge in [0.25, 0.3) is 0 Å². The first-order valence-electron chi connectivity index (χ1n) is 11.9. The van der Waals surface area contributed by atoms with E-state index in [1.165, 1.54) is 53.5 Å². The molecule has 2 aromatic carbocycles. The Hall–Kier alpha value is -2.10. The molecule has 0 amide bonds. The van der Waals surface area contributed by atoms with Gasteiger partial charge in [-0.2, -0.15) is 0 Å². The van der Waals surface area contributed by atoms with Crippen molar-refractivity contribution in [2.45, 2.75) is 71.5 Å². The van der Waals surface area contributed by atoms with Gasteiger partial charge in [0.05, 0.1) is 0 Å². The first kappa shape index (κ1) is 23.6. The second kappa shape index (κ2) is 11.5. The lowest BCUT2D eigenvalue weighted by molar-refractivity contribution is 0.304. The van der Waals surface area contributed by atoms with E-state index < -0.39 is 0 Å². The maximum atomic E-state index is 5.85. The highest BCUT2D eigenvalue weighted by Crippen LogP contribution is 2.25. The molecule has 1 aliphatic heterocycles. The number of aryl methyl sites for hydroxylation is 1. The van der Waals surface area contributed by atoms with Gasteiger partial charge in [-0.25, -0.2) is 0 Å². The van der Waals surface area contributed by atoms with E-state index >= 15 is 0 Å². The lowest BCUT2D eigenvalue weighted by atomic mass is 9.96. The van der Waals surface area contributed by atoms with Crippen LogP contribution in [0.25, 0.3) is 6.08 Å². The zero-order chi connectivity index (χ0) is 22.2. The van der Waals surface area contributed by atoms with E-state index in [0.717, 1.165) is 38.0 Å². The fraction of sp³-hybridized carbons (Fsp3) is 0.500. The molecule has 2 aliphatic rings. The van der Waals surface area contributed by atoms with Crippen LogP contribution >= 0.6 is 0 Å². The van der Waals surface area contributed by atoms with Crippen molar-refractivity contribution >= 4 is 6.08 Å². The molecule has 1 fully saturated rings. The fourth-order valence-corrected chi connectivity index (χ4v) is 4.60. The first-order valence-corrected chi connectivity index (χ1v) is 11.9. The van der Waals surface area contributed by atoms with Crippen LogP contribution in [0.5, 0.6) is 5.75 Å². The molecule has 1 N–H and O–H groups in total. The third-order valence-corrected chi connectivity index (χ3v) is 6.38. The first-order chi connectivity index (χ1) is 15.0. The minimum Gasteiger partial charge on any atom is -0.492 e. The van der Waals surface area contributed by atoms with Gasteiger partial charge >= 0.3 is 0 Å². The van der Waals surface area contributed by atoms with Gasteiger partial charge in [0.2, 0.25) is 0 Å². The largest absolute Gasteiger partial charge is 0.492 e. The number of nitrogens with one attached hydrogen (secondary N) is 1. The summed E-state index contributed by atoms with van der Waals surface area (Å²) in [6.45, 7) is 14.2. The Bertz CT molecular complexity index is 852. The van der Waals surface area contributed by atoms with E-state index in [2.05, 4.69) is 81.0 Å². The highest BCUT2D eigenvalue weighted by Gasteiger charge is 2.16. The summed E-state index contributed by atoms with van der Waals surface area (Å²) in [6.07, 6.45) is 7.34. The van der Waals surface area contributed by atoms with Crippen molar-refractivity contribution in [3.8, 4) is 5.75 Å². The van der Waals surface area contributed by atoms with Crippen LogP contribution in [-0.2, 0) is 13.1 Å². The van der Waals surface area contributed by atoms with Crippen LogP contribution in [0, 0.1) is 6.92 Å². The second-order valence-corrected chi connectivity index (χ2v) is 9.36. The van der Waals surface area contributed by atoms with Crippen molar-refractivity contribution in [3.05, 3.63) is 70.8 Å². The lowest BCUT2D eigenvalue weighted by Gasteiger charge is -2.12. The maximum absolute atomic E-state index is 5.85. The standard InChI is InChI=1S/C16H24N2O.C12H16/c1-18-11-13-6-7-16(10-14(13)12-18)19-9-8-17-15-4-2-3-5-15;1-5-11-7-6-10(4)12(8-11)9(2)3/h6-7,10,15,17H,2-5,8-9,11-12H2,1H3;5-9H,1H2,2-4H3. The Kier molecular flexibility index (Phi) is 8.74. The molecule has 3 nitrogen and oxygen atoms in total. The van der Waals surface area contributed by atoms with Crippen LogP contribution in [0.3, 0.4) is 0 Å². The van der Waals surface area contributed by atoms with Gasteiger partial charge in [-0.05, 0) is 72.7 Å². The summed E-state index contributed by atoms with van der Waals surface area (Å²) in [4.78, 5) is 2.33. The molecule has 0 spiro atoms. The number of rotatable bonds is 7. The minimum atomic E-state index is 0.602. The summed E-state index contributed by atoms with van der Waals surface area (Å²) >= 11 is 0. The average Bonchev–Trinajstić information content (AvgIpc) is 3.40. The zero-order valence-corrected chi connectivity index (χ0v) is 19.9. The monoisotopic (exact) mass is 420 g/mol. The molecule has 0 atom stereocenters. The Balaban J connectivity index is 0.000000196. The normalized spacial score (nSPS) is 16.2. The van der Waals surface area contributed by atoms with Crippen molar-refractivity contribution in [1.29, 1.82) is 0 Å². The van der Waals surface area contributed by atoms with Gasteiger partial charge in [0.1, 0.15) is 12.4 Å². The third-order valence-electron chi connectivity index (χ3n) is 6.38. The van der Waals surface area contributed by atoms with Crippen LogP contribution in [-0.4, -0.2) is 31.1 Å². The van der Waals surface area contributed by atoms with Crippen molar-refractivity contribution in [2.75, 3.05) is 20.2 Å². The predicted molar refractivity (Wildman–Crippen MR) is 133 cm³/mol. The summed E-state index contributed by atoms with van der Waals surface area (Å²) < 4.78 is 5.85. The lowest BCUT2D eigenvalue weighted by Crippen LogP contribution is -2.30. The molecule has 3 heteroatoms. The second-order valence-electron chi connectivity index (χ2n) is 9.36. The summed E-state index contributed by atoms with van der Waals surface area (Å²) in [7, 11) is 2.16. The molecule has 0 bridgehead atoms. The summed E-state index contributed by atoms with van der Waals surface area (Å²) in [5.41, 5.74) is 6.87. The molecule has 168 valence electrons. The topological polar surface area (TPSA) is 24.5 Å². The van der Waals surface area contributed by atoms with Crippen molar-refractivity contribution in [3.63, 3.8) is 0 Å². The van der Waals surface area contributed by atoms with Crippen molar-refractivity contribution in [2.24, 2.45) is 0 Å². The Morgan fingerprint density at radius 1 is 1.10 bits per heavy atom. The van der Waals surface area contributed by atoms with Gasteiger partial charge in [-0.1, -0.05) is 63.6 Å². The number of fused-ring (bicyclic) bond motifs is 1. The summed E-state index contributed by atoms with van der Waals surface area (Å²) in [6, 6.07) is 13.7. The van der Waals surface area contributed by atoms with Gasteiger partial charge in [-0.15, -0.1) is 0 Å². The highest BCUT2D eigenvalue weighted by atomic mass is 16.5. The molecule has 1 saturated carbocycles. The molecule has 0 radical (unpaired) electrons. The number of benzene rings is 2. The number of hydrogen-bond acceptors (Lipinski definition) is 3. The average molecular weight is 421 g/mol. The maximum Gasteiger partial charge on any atom is 0.119 e. The highest BCUT2D eigenvalue weighted by molar-refractivity contribution is 5.50. The number of ether oxygens (including phenoxy) is 1. The van der Waals surface area contributed by atoms with Crippen molar-refractivity contribution in [1.82, 2.24) is 10.2 Å². The van der Waals surface area contributed by atoms with Crippen LogP contribution < -0.4 is 10.1 Å². The summed E-state index contributed by atoms with van der Waals surface area (Å²) in [5, 5.41) is 3.58. The molecule has 2 aromatic rings. The molecular formula is C28H40N2O. The van der Waals surface area contributed by atoms with E-state index in [9.17, 15) is 0 Å². The molecule has 31 heavy (non-hydrogen) atoms. The van der Waals surface area contributed by atoms with Crippen LogP contribution in [0.15, 0.2) is 43.0 Å². The van der Waals surface area contributed by atoms with Crippen LogP contribution in [0.4, 0.5) is 0 Å². The quantitative estimate of drug-likeness (QED) is 0.532. The van der Waals surface area contributed by atoms with Gasteiger partial charge in [0.15, 0.2) is 0 Å². The van der Waals surface area contributed by atoms with E-state index in [1.807, 2.05) is 6.08 Å². The van der Waals surface area contributed by atoms with Gasteiger partial charge < -0.3 is 10.1 Å². The molecular weight excluding hydrogens is 380 g/mol. The molecule has 1 aliphatic carbocycles. The van der Waals surface area contributed by atoms with E-state index in [0.29, 0.717) is 5.92 Å². The minimum absolute atomic E-state index is 0.602. The summed E-state index contributed by atoms with van der Waals surface area (Å²) in [5.74, 6) is 1.62. The SMILES string of the molecule is C=Cc1ccc(C)c(C(C)C)c1.CN1Cc2ccc(OCCNC3CCCC3)cc2C1. The van der Waals surface area contributed by atoms with Gasteiger partial charge in [0, 0.05) is 25.7 Å². The van der Waals surface area contributed by atoms with Crippen molar-refractivity contribution < 1.29 is 4.74 Å². The zero-order valence-electron chi connectivity index (χ0n) is 19.9. The Morgan fingerprint density at radius 2 is 1.84 bits per heavy atom. The van der Waals surface area contributed by atoms with E-state index in [-0.39, 0.29) is 0 Å². The molecule has 1 heterocycles. The van der Waals surface area contributed by atoms with E-state index in [1.54, 1.807) is 0 Å². The Labute approximate surface area is 189 Å². The molecule has 0 aromatic heterocycles. The number of nitrogens with zero attached hydrogens (tertiary/aromatic N) is 1. The predicted octanol–water partition coefficient (Wildman–Crippen LogP) is 6.30. The van der Waals surface area contributed by atoms with Gasteiger partial charge in [-0.3, -0.25) is 4.90 Å². The van der Waals surface area contributed by atoms with Crippen LogP contribution in [0.2, 0.25) is 0 Å². The molecule has 0 saturated heterocycles. The third kappa shape index (κ3) is 6.95. The number of hydrogen-bond donors (Lipinski definition) is 1. The smallest absolute Gasteiger partial charge is 0.119 e. The van der Waals surface area contributed by atoms with E-state index in [4.69, 9.17) is 4.74 Å². The Morgan fingerprint density at radius 3 is 2.55 bits per heavy atom. The molecule has 0 unspecified atom stereocenters. The molecule has 4 rings (SSSR count). The fourth-order valence-electron chi connectivity index (χ4n) is 4.60. The van der Waals surface area contributed by atoms with Crippen LogP contribution in [0.1, 0.15) is 73.3 Å².